The number of ether oxygens (including phenoxy) is 1. The van der Waals surface area contributed by atoms with Crippen LogP contribution in [-0.2, 0) is 21.3 Å². The number of rotatable bonds is 6. The predicted octanol–water partition coefficient (Wildman–Crippen LogP) is 0.656. The molecule has 1 fully saturated rings. The van der Waals surface area contributed by atoms with Gasteiger partial charge < -0.3 is 14.5 Å². The SMILES string of the molecule is CNCc1ccc(S(=O)(=O)N2CCC(COC)C2)o1. The lowest BCUT2D eigenvalue weighted by Crippen LogP contribution is -2.29. The van der Waals surface area contributed by atoms with E-state index in [1.54, 1.807) is 20.2 Å². The highest BCUT2D eigenvalue weighted by Gasteiger charge is 2.34. The highest BCUT2D eigenvalue weighted by molar-refractivity contribution is 7.89. The zero-order chi connectivity index (χ0) is 13.9. The lowest BCUT2D eigenvalue weighted by molar-refractivity contribution is 0.157. The van der Waals surface area contributed by atoms with Crippen LogP contribution in [0.15, 0.2) is 21.6 Å². The van der Waals surface area contributed by atoms with Gasteiger partial charge >= 0.3 is 0 Å². The topological polar surface area (TPSA) is 71.8 Å². The van der Waals surface area contributed by atoms with E-state index in [2.05, 4.69) is 5.32 Å². The van der Waals surface area contributed by atoms with Crippen molar-refractivity contribution in [3.63, 3.8) is 0 Å². The summed E-state index contributed by atoms with van der Waals surface area (Å²) < 4.78 is 36.7. The molecule has 0 aromatic carbocycles. The van der Waals surface area contributed by atoms with Gasteiger partial charge in [0.15, 0.2) is 0 Å². The van der Waals surface area contributed by atoms with Crippen LogP contribution in [0.4, 0.5) is 0 Å². The van der Waals surface area contributed by atoms with Gasteiger partial charge in [-0.15, -0.1) is 0 Å². The molecule has 1 aromatic rings. The van der Waals surface area contributed by atoms with Gasteiger partial charge in [0.1, 0.15) is 5.76 Å². The third-order valence-electron chi connectivity index (χ3n) is 3.23. The quantitative estimate of drug-likeness (QED) is 0.832. The van der Waals surface area contributed by atoms with Crippen LogP contribution in [0.1, 0.15) is 12.2 Å². The zero-order valence-electron chi connectivity index (χ0n) is 11.3. The maximum atomic E-state index is 12.4. The van der Waals surface area contributed by atoms with Crippen LogP contribution < -0.4 is 5.32 Å². The Bertz CT molecular complexity index is 512. The van der Waals surface area contributed by atoms with Gasteiger partial charge in [0, 0.05) is 20.2 Å². The van der Waals surface area contributed by atoms with Crippen molar-refractivity contribution in [2.24, 2.45) is 5.92 Å². The second-order valence-electron chi connectivity index (χ2n) is 4.72. The van der Waals surface area contributed by atoms with Gasteiger partial charge in [0.2, 0.25) is 5.09 Å². The maximum absolute atomic E-state index is 12.4. The summed E-state index contributed by atoms with van der Waals surface area (Å²) in [4.78, 5) is 0. The molecular formula is C12H20N2O4S. The first-order valence-corrected chi connectivity index (χ1v) is 7.74. The van der Waals surface area contributed by atoms with Crippen LogP contribution in [0.5, 0.6) is 0 Å². The number of hydrogen-bond acceptors (Lipinski definition) is 5. The fourth-order valence-corrected chi connectivity index (χ4v) is 3.74. The Hall–Kier alpha value is -0.890. The molecule has 1 aromatic heterocycles. The Morgan fingerprint density at radius 3 is 3.00 bits per heavy atom. The molecule has 1 aliphatic heterocycles. The molecule has 6 nitrogen and oxygen atoms in total. The molecule has 0 spiro atoms. The average Bonchev–Trinajstić information content (AvgIpc) is 2.99. The fourth-order valence-electron chi connectivity index (χ4n) is 2.28. The summed E-state index contributed by atoms with van der Waals surface area (Å²) in [6, 6.07) is 3.21. The third kappa shape index (κ3) is 3.17. The second-order valence-corrected chi connectivity index (χ2v) is 6.59. The first-order chi connectivity index (χ1) is 9.07. The van der Waals surface area contributed by atoms with Crippen molar-refractivity contribution >= 4 is 10.0 Å². The van der Waals surface area contributed by atoms with E-state index in [-0.39, 0.29) is 11.0 Å². The van der Waals surface area contributed by atoms with Gasteiger partial charge in [-0.2, -0.15) is 4.31 Å². The van der Waals surface area contributed by atoms with Crippen molar-refractivity contribution in [3.8, 4) is 0 Å². The molecular weight excluding hydrogens is 268 g/mol. The predicted molar refractivity (Wildman–Crippen MR) is 70.2 cm³/mol. The molecule has 108 valence electrons. The maximum Gasteiger partial charge on any atom is 0.276 e. The number of sulfonamides is 1. The van der Waals surface area contributed by atoms with Crippen molar-refractivity contribution in [1.82, 2.24) is 9.62 Å². The summed E-state index contributed by atoms with van der Waals surface area (Å²) in [6.07, 6.45) is 0.831. The minimum Gasteiger partial charge on any atom is -0.447 e. The van der Waals surface area contributed by atoms with E-state index in [4.69, 9.17) is 9.15 Å². The zero-order valence-corrected chi connectivity index (χ0v) is 12.1. The van der Waals surface area contributed by atoms with Crippen LogP contribution in [0.25, 0.3) is 0 Å². The van der Waals surface area contributed by atoms with Crippen molar-refractivity contribution in [3.05, 3.63) is 17.9 Å². The molecule has 1 atom stereocenters. The molecule has 1 saturated heterocycles. The number of nitrogens with zero attached hydrogens (tertiary/aromatic N) is 1. The molecule has 0 amide bonds. The standard InChI is InChI=1S/C12H20N2O4S/c1-13-7-11-3-4-12(18-11)19(15,16)14-6-5-10(8-14)9-17-2/h3-4,10,13H,5-9H2,1-2H3. The number of furan rings is 1. The molecule has 0 saturated carbocycles. The van der Waals surface area contributed by atoms with E-state index in [0.29, 0.717) is 32.0 Å². The highest BCUT2D eigenvalue weighted by Crippen LogP contribution is 2.25. The Balaban J connectivity index is 2.09. The van der Waals surface area contributed by atoms with Crippen LogP contribution >= 0.6 is 0 Å². The first kappa shape index (κ1) is 14.5. The molecule has 2 heterocycles. The minimum absolute atomic E-state index is 0.0239. The van der Waals surface area contributed by atoms with E-state index < -0.39 is 10.0 Å². The smallest absolute Gasteiger partial charge is 0.276 e. The average molecular weight is 288 g/mol. The number of nitrogens with one attached hydrogen (secondary N) is 1. The van der Waals surface area contributed by atoms with Crippen molar-refractivity contribution in [2.45, 2.75) is 18.1 Å². The molecule has 0 bridgehead atoms. The Morgan fingerprint density at radius 2 is 2.32 bits per heavy atom. The molecule has 2 rings (SSSR count). The van der Waals surface area contributed by atoms with Crippen molar-refractivity contribution in [2.75, 3.05) is 33.9 Å². The first-order valence-electron chi connectivity index (χ1n) is 6.30. The minimum atomic E-state index is -3.50. The lowest BCUT2D eigenvalue weighted by atomic mass is 10.1. The lowest BCUT2D eigenvalue weighted by Gasteiger charge is -2.14. The van der Waals surface area contributed by atoms with Gasteiger partial charge in [-0.3, -0.25) is 0 Å². The summed E-state index contributed by atoms with van der Waals surface area (Å²) in [5.41, 5.74) is 0. The van der Waals surface area contributed by atoms with Crippen molar-refractivity contribution in [1.29, 1.82) is 0 Å². The van der Waals surface area contributed by atoms with E-state index in [1.807, 2.05) is 0 Å². The molecule has 19 heavy (non-hydrogen) atoms. The molecule has 1 N–H and O–H groups in total. The summed E-state index contributed by atoms with van der Waals surface area (Å²) in [5, 5.41) is 2.95. The van der Waals surface area contributed by atoms with Gasteiger partial charge in [0.05, 0.1) is 13.2 Å². The fraction of sp³-hybridized carbons (Fsp3) is 0.667. The van der Waals surface area contributed by atoms with Crippen LogP contribution in [0, 0.1) is 5.92 Å². The van der Waals surface area contributed by atoms with Gasteiger partial charge in [-0.1, -0.05) is 0 Å². The van der Waals surface area contributed by atoms with Crippen LogP contribution in [-0.4, -0.2) is 46.6 Å². The molecule has 7 heteroatoms. The van der Waals surface area contributed by atoms with Crippen molar-refractivity contribution < 1.29 is 17.6 Å². The van der Waals surface area contributed by atoms with Gasteiger partial charge in [-0.25, -0.2) is 8.42 Å². The van der Waals surface area contributed by atoms with Gasteiger partial charge in [0.25, 0.3) is 10.0 Å². The Kier molecular flexibility index (Phi) is 4.62. The third-order valence-corrected chi connectivity index (χ3v) is 4.97. The highest BCUT2D eigenvalue weighted by atomic mass is 32.2. The Morgan fingerprint density at radius 1 is 1.53 bits per heavy atom. The summed E-state index contributed by atoms with van der Waals surface area (Å²) in [7, 11) is -0.0872. The monoisotopic (exact) mass is 288 g/mol. The van der Waals surface area contributed by atoms with E-state index in [0.717, 1.165) is 6.42 Å². The largest absolute Gasteiger partial charge is 0.447 e. The Labute approximate surface area is 113 Å². The van der Waals surface area contributed by atoms with Gasteiger partial charge in [-0.05, 0) is 31.5 Å². The summed E-state index contributed by atoms with van der Waals surface area (Å²) in [6.45, 7) is 2.13. The second kappa shape index (κ2) is 6.04. The van der Waals surface area contributed by atoms with E-state index >= 15 is 0 Å². The summed E-state index contributed by atoms with van der Waals surface area (Å²) in [5.74, 6) is 0.889. The van der Waals surface area contributed by atoms with Crippen LogP contribution in [0.2, 0.25) is 0 Å². The molecule has 1 aliphatic rings. The van der Waals surface area contributed by atoms with E-state index in [9.17, 15) is 8.42 Å². The van der Waals surface area contributed by atoms with Crippen LogP contribution in [0.3, 0.4) is 0 Å². The normalized spacial score (nSPS) is 21.1. The van der Waals surface area contributed by atoms with E-state index in [1.165, 1.54) is 10.4 Å². The summed E-state index contributed by atoms with van der Waals surface area (Å²) >= 11 is 0. The molecule has 1 unspecified atom stereocenters. The molecule has 0 aliphatic carbocycles. The number of hydrogen-bond donors (Lipinski definition) is 1. The molecule has 0 radical (unpaired) electrons. The number of methoxy groups -OCH3 is 1.